The number of carbonyl (C=O) groups excluding carboxylic acids is 1. The Bertz CT molecular complexity index is 372. The summed E-state index contributed by atoms with van der Waals surface area (Å²) in [6, 6.07) is 7.70. The number of nitrogens with one attached hydrogen (secondary N) is 1. The Kier molecular flexibility index (Phi) is 4.50. The third kappa shape index (κ3) is 4.77. The summed E-state index contributed by atoms with van der Waals surface area (Å²) in [5, 5.41) is 2.81. The molecule has 0 fully saturated rings. The highest BCUT2D eigenvalue weighted by molar-refractivity contribution is 9.10. The normalized spacial score (nSPS) is 11.2. The molecular weight excluding hydrogens is 268 g/mol. The summed E-state index contributed by atoms with van der Waals surface area (Å²) >= 11 is 3.41. The van der Waals surface area contributed by atoms with Crippen molar-refractivity contribution in [1.29, 1.82) is 0 Å². The summed E-state index contributed by atoms with van der Waals surface area (Å²) in [7, 11) is 0. The van der Waals surface area contributed by atoms with Gasteiger partial charge < -0.3 is 11.1 Å². The second-order valence-electron chi connectivity index (χ2n) is 4.53. The van der Waals surface area contributed by atoms with Crippen LogP contribution in [-0.4, -0.2) is 18.0 Å². The Hall–Kier alpha value is -0.870. The topological polar surface area (TPSA) is 55.1 Å². The highest BCUT2D eigenvalue weighted by atomic mass is 79.9. The SMILES string of the molecule is CC(C)(N)CNC(=O)Cc1ccccc1Br. The van der Waals surface area contributed by atoms with E-state index in [1.54, 1.807) is 0 Å². The zero-order chi connectivity index (χ0) is 12.2. The molecule has 3 nitrogen and oxygen atoms in total. The predicted octanol–water partition coefficient (Wildman–Crippen LogP) is 1.85. The third-order valence-electron chi connectivity index (χ3n) is 2.05. The van der Waals surface area contributed by atoms with Crippen molar-refractivity contribution in [3.8, 4) is 0 Å². The van der Waals surface area contributed by atoms with Crippen LogP contribution in [0.25, 0.3) is 0 Å². The smallest absolute Gasteiger partial charge is 0.224 e. The molecule has 0 bridgehead atoms. The largest absolute Gasteiger partial charge is 0.354 e. The van der Waals surface area contributed by atoms with Crippen molar-refractivity contribution >= 4 is 21.8 Å². The summed E-state index contributed by atoms with van der Waals surface area (Å²) in [6.07, 6.45) is 0.373. The van der Waals surface area contributed by atoms with Gasteiger partial charge in [0.2, 0.25) is 5.91 Å². The van der Waals surface area contributed by atoms with E-state index in [1.807, 2.05) is 38.1 Å². The van der Waals surface area contributed by atoms with Gasteiger partial charge in [0.1, 0.15) is 0 Å². The molecule has 0 unspecified atom stereocenters. The minimum absolute atomic E-state index is 0.00887. The van der Waals surface area contributed by atoms with Crippen LogP contribution >= 0.6 is 15.9 Å². The van der Waals surface area contributed by atoms with Crippen molar-refractivity contribution in [3.63, 3.8) is 0 Å². The highest BCUT2D eigenvalue weighted by Gasteiger charge is 2.12. The van der Waals surface area contributed by atoms with Crippen LogP contribution in [0.3, 0.4) is 0 Å². The Morgan fingerprint density at radius 2 is 2.06 bits per heavy atom. The van der Waals surface area contributed by atoms with Crippen LogP contribution in [0, 0.1) is 0 Å². The maximum absolute atomic E-state index is 11.6. The van der Waals surface area contributed by atoms with Gasteiger partial charge in [0.25, 0.3) is 0 Å². The number of nitrogens with two attached hydrogens (primary N) is 1. The molecule has 16 heavy (non-hydrogen) atoms. The lowest BCUT2D eigenvalue weighted by Crippen LogP contribution is -2.45. The van der Waals surface area contributed by atoms with Crippen molar-refractivity contribution in [2.45, 2.75) is 25.8 Å². The molecule has 4 heteroatoms. The molecule has 0 radical (unpaired) electrons. The second-order valence-corrected chi connectivity index (χ2v) is 5.39. The van der Waals surface area contributed by atoms with Gasteiger partial charge in [0.15, 0.2) is 0 Å². The Balaban J connectivity index is 2.50. The van der Waals surface area contributed by atoms with E-state index in [1.165, 1.54) is 0 Å². The van der Waals surface area contributed by atoms with E-state index < -0.39 is 0 Å². The highest BCUT2D eigenvalue weighted by Crippen LogP contribution is 2.16. The first-order chi connectivity index (χ1) is 7.38. The Morgan fingerprint density at radius 3 is 2.62 bits per heavy atom. The van der Waals surface area contributed by atoms with E-state index in [-0.39, 0.29) is 11.4 Å². The standard InChI is InChI=1S/C12H17BrN2O/c1-12(2,14)8-15-11(16)7-9-5-3-4-6-10(9)13/h3-6H,7-8,14H2,1-2H3,(H,15,16). The van der Waals surface area contributed by atoms with Crippen LogP contribution in [0.4, 0.5) is 0 Å². The van der Waals surface area contributed by atoms with Gasteiger partial charge in [-0.05, 0) is 25.5 Å². The molecule has 1 amide bonds. The lowest BCUT2D eigenvalue weighted by molar-refractivity contribution is -0.120. The lowest BCUT2D eigenvalue weighted by atomic mass is 10.1. The second kappa shape index (κ2) is 5.46. The zero-order valence-electron chi connectivity index (χ0n) is 9.59. The Morgan fingerprint density at radius 1 is 1.44 bits per heavy atom. The average Bonchev–Trinajstić information content (AvgIpc) is 2.18. The summed E-state index contributed by atoms with van der Waals surface area (Å²) in [5.41, 5.74) is 6.39. The fourth-order valence-electron chi connectivity index (χ4n) is 1.20. The van der Waals surface area contributed by atoms with E-state index >= 15 is 0 Å². The molecule has 0 aromatic heterocycles. The first-order valence-electron chi connectivity index (χ1n) is 5.17. The summed E-state index contributed by atoms with van der Waals surface area (Å²) < 4.78 is 0.956. The van der Waals surface area contributed by atoms with Crippen molar-refractivity contribution in [3.05, 3.63) is 34.3 Å². The molecule has 0 atom stereocenters. The molecule has 0 aliphatic rings. The summed E-state index contributed by atoms with van der Waals surface area (Å²) in [6.45, 7) is 4.24. The number of carbonyl (C=O) groups is 1. The number of halogens is 1. The van der Waals surface area contributed by atoms with Crippen molar-refractivity contribution in [2.24, 2.45) is 5.73 Å². The van der Waals surface area contributed by atoms with Crippen molar-refractivity contribution in [1.82, 2.24) is 5.32 Å². The quantitative estimate of drug-likeness (QED) is 0.887. The molecule has 0 saturated carbocycles. The van der Waals surface area contributed by atoms with Gasteiger partial charge in [-0.3, -0.25) is 4.79 Å². The van der Waals surface area contributed by atoms with E-state index in [4.69, 9.17) is 5.73 Å². The molecule has 1 rings (SSSR count). The first-order valence-corrected chi connectivity index (χ1v) is 5.97. The first kappa shape index (κ1) is 13.2. The monoisotopic (exact) mass is 284 g/mol. The number of hydrogen-bond acceptors (Lipinski definition) is 2. The fraction of sp³-hybridized carbons (Fsp3) is 0.417. The predicted molar refractivity (Wildman–Crippen MR) is 69.1 cm³/mol. The average molecular weight is 285 g/mol. The molecule has 88 valence electrons. The number of benzene rings is 1. The van der Waals surface area contributed by atoms with Crippen LogP contribution in [0.1, 0.15) is 19.4 Å². The van der Waals surface area contributed by atoms with Gasteiger partial charge >= 0.3 is 0 Å². The van der Waals surface area contributed by atoms with Crippen LogP contribution in [0.2, 0.25) is 0 Å². The van der Waals surface area contributed by atoms with E-state index in [9.17, 15) is 4.79 Å². The van der Waals surface area contributed by atoms with Gasteiger partial charge in [-0.1, -0.05) is 34.1 Å². The van der Waals surface area contributed by atoms with E-state index in [0.717, 1.165) is 10.0 Å². The summed E-state index contributed by atoms with van der Waals surface area (Å²) in [4.78, 5) is 11.6. The maximum atomic E-state index is 11.6. The molecule has 0 aliphatic carbocycles. The summed E-state index contributed by atoms with van der Waals surface area (Å²) in [5.74, 6) is -0.00887. The fourth-order valence-corrected chi connectivity index (χ4v) is 1.63. The zero-order valence-corrected chi connectivity index (χ0v) is 11.2. The van der Waals surface area contributed by atoms with Gasteiger partial charge in [-0.15, -0.1) is 0 Å². The molecule has 0 saturated heterocycles. The molecular formula is C12H17BrN2O. The van der Waals surface area contributed by atoms with Crippen molar-refractivity contribution in [2.75, 3.05) is 6.54 Å². The Labute approximate surface area is 105 Å². The number of amides is 1. The van der Waals surface area contributed by atoms with Gasteiger partial charge in [0, 0.05) is 16.6 Å². The number of hydrogen-bond donors (Lipinski definition) is 2. The lowest BCUT2D eigenvalue weighted by Gasteiger charge is -2.18. The van der Waals surface area contributed by atoms with Crippen LogP contribution < -0.4 is 11.1 Å². The van der Waals surface area contributed by atoms with Gasteiger partial charge in [0.05, 0.1) is 6.42 Å². The molecule has 0 aliphatic heterocycles. The van der Waals surface area contributed by atoms with E-state index in [0.29, 0.717) is 13.0 Å². The molecule has 1 aromatic rings. The molecule has 0 spiro atoms. The van der Waals surface area contributed by atoms with Crippen LogP contribution in [0.5, 0.6) is 0 Å². The van der Waals surface area contributed by atoms with Crippen molar-refractivity contribution < 1.29 is 4.79 Å². The third-order valence-corrected chi connectivity index (χ3v) is 2.82. The molecule has 1 aromatic carbocycles. The van der Waals surface area contributed by atoms with Crippen LogP contribution in [-0.2, 0) is 11.2 Å². The maximum Gasteiger partial charge on any atom is 0.224 e. The van der Waals surface area contributed by atoms with E-state index in [2.05, 4.69) is 21.2 Å². The van der Waals surface area contributed by atoms with Gasteiger partial charge in [-0.2, -0.15) is 0 Å². The molecule has 0 heterocycles. The van der Waals surface area contributed by atoms with Gasteiger partial charge in [-0.25, -0.2) is 0 Å². The van der Waals surface area contributed by atoms with Crippen LogP contribution in [0.15, 0.2) is 28.7 Å². The molecule has 3 N–H and O–H groups in total. The minimum Gasteiger partial charge on any atom is -0.354 e. The number of rotatable bonds is 4. The minimum atomic E-state index is -0.371.